The number of carbonyl (C=O) groups is 1. The monoisotopic (exact) mass is 409 g/mol. The van der Waals surface area contributed by atoms with Crippen molar-refractivity contribution in [2.75, 3.05) is 33.8 Å². The summed E-state index contributed by atoms with van der Waals surface area (Å²) < 4.78 is 53.8. The molecule has 2 N–H and O–H groups in total. The Bertz CT molecular complexity index is 917. The van der Waals surface area contributed by atoms with Gasteiger partial charge in [-0.2, -0.15) is 0 Å². The molecule has 0 radical (unpaired) electrons. The van der Waals surface area contributed by atoms with Gasteiger partial charge in [-0.05, 0) is 26.1 Å². The number of nitrogens with two attached hydrogens (primary N) is 1. The van der Waals surface area contributed by atoms with Gasteiger partial charge in [-0.1, -0.05) is 0 Å². The Morgan fingerprint density at radius 1 is 1.44 bits per heavy atom. The van der Waals surface area contributed by atoms with Crippen LogP contribution in [0.4, 0.5) is 0 Å². The molecule has 0 fully saturated rings. The van der Waals surface area contributed by atoms with Gasteiger partial charge in [0.2, 0.25) is 10.0 Å². The molecule has 1 aromatic rings. The van der Waals surface area contributed by atoms with Gasteiger partial charge in [0.05, 0.1) is 13.2 Å². The number of fused-ring (bicyclic) bond motifs is 1. The third kappa shape index (κ3) is 4.20. The van der Waals surface area contributed by atoms with Crippen molar-refractivity contribution in [2.45, 2.75) is 15.3 Å². The number of esters is 1. The molecule has 0 spiro atoms. The van der Waals surface area contributed by atoms with Crippen LogP contribution < -0.4 is 5.14 Å². The van der Waals surface area contributed by atoms with E-state index in [4.69, 9.17) is 9.88 Å². The van der Waals surface area contributed by atoms with Gasteiger partial charge in [0, 0.05) is 24.9 Å². The van der Waals surface area contributed by atoms with Gasteiger partial charge in [0.1, 0.15) is 8.42 Å². The number of ether oxygens (including phenoxy) is 1. The lowest BCUT2D eigenvalue weighted by Crippen LogP contribution is -2.36. The summed E-state index contributed by atoms with van der Waals surface area (Å²) in [5, 5.41) is 5.08. The molecule has 1 aliphatic heterocycles. The minimum Gasteiger partial charge on any atom is -0.465 e. The molecule has 2 heterocycles. The average molecular weight is 410 g/mol. The average Bonchev–Trinajstić information content (AvgIpc) is 2.90. The van der Waals surface area contributed by atoms with Crippen LogP contribution >= 0.6 is 11.3 Å². The Balaban J connectivity index is 2.34. The van der Waals surface area contributed by atoms with Crippen molar-refractivity contribution in [3.8, 4) is 0 Å². The van der Waals surface area contributed by atoms with Crippen molar-refractivity contribution in [1.82, 2.24) is 9.21 Å². The van der Waals surface area contributed by atoms with Crippen LogP contribution in [0, 0.1) is 0 Å². The van der Waals surface area contributed by atoms with E-state index in [2.05, 4.69) is 0 Å². The molecule has 9 nitrogen and oxygen atoms in total. The Kier molecular flexibility index (Phi) is 5.59. The lowest BCUT2D eigenvalue weighted by molar-refractivity contribution is -0.143. The first kappa shape index (κ1) is 19.8. The van der Waals surface area contributed by atoms with Crippen molar-refractivity contribution in [2.24, 2.45) is 5.14 Å². The highest BCUT2D eigenvalue weighted by Crippen LogP contribution is 2.37. The second-order valence-electron chi connectivity index (χ2n) is 5.44. The molecule has 1 aliphatic rings. The molecule has 0 aromatic carbocycles. The van der Waals surface area contributed by atoms with Gasteiger partial charge in [-0.15, -0.1) is 11.3 Å². The summed E-state index contributed by atoms with van der Waals surface area (Å²) in [6.45, 7) is 2.12. The predicted molar refractivity (Wildman–Crippen MR) is 92.7 cm³/mol. The van der Waals surface area contributed by atoms with Crippen LogP contribution in [0.1, 0.15) is 12.5 Å². The van der Waals surface area contributed by atoms with Crippen molar-refractivity contribution in [3.63, 3.8) is 0 Å². The number of thiophene rings is 1. The minimum absolute atomic E-state index is 0.00199. The normalized spacial score (nSPS) is 16.5. The van der Waals surface area contributed by atoms with Gasteiger partial charge in [-0.25, -0.2) is 22.0 Å². The number of hydrogen-bond donors (Lipinski definition) is 1. The third-order valence-electron chi connectivity index (χ3n) is 3.44. The van der Waals surface area contributed by atoms with E-state index in [0.717, 1.165) is 4.31 Å². The molecule has 25 heavy (non-hydrogen) atoms. The summed E-state index contributed by atoms with van der Waals surface area (Å²) in [5.41, 5.74) is 0.671. The van der Waals surface area contributed by atoms with Crippen LogP contribution in [-0.4, -0.2) is 65.8 Å². The molecule has 0 aliphatic carbocycles. The Morgan fingerprint density at radius 3 is 2.64 bits per heavy atom. The molecule has 0 unspecified atom stereocenters. The first-order chi connectivity index (χ1) is 11.5. The van der Waals surface area contributed by atoms with Crippen LogP contribution in [0.2, 0.25) is 0 Å². The quantitative estimate of drug-likeness (QED) is 0.648. The lowest BCUT2D eigenvalue weighted by atomic mass is 10.2. The molecule has 1 aromatic heterocycles. The highest BCUT2D eigenvalue weighted by Gasteiger charge is 2.34. The number of hydrogen-bond acceptors (Lipinski definition) is 8. The summed E-state index contributed by atoms with van der Waals surface area (Å²) in [6.07, 6.45) is 1.57. The number of sulfonamides is 2. The van der Waals surface area contributed by atoms with Gasteiger partial charge in [0.15, 0.2) is 0 Å². The van der Waals surface area contributed by atoms with Crippen LogP contribution in [0.3, 0.4) is 0 Å². The van der Waals surface area contributed by atoms with Crippen LogP contribution in [0.15, 0.2) is 20.2 Å². The Hall–Kier alpha value is -1.47. The molecule has 0 saturated carbocycles. The second-order valence-corrected chi connectivity index (χ2v) is 10.4. The van der Waals surface area contributed by atoms with Crippen molar-refractivity contribution >= 4 is 43.4 Å². The standard InChI is InChI=1S/C13H19N3O6S3/c1-4-22-11(17)8-15(2)7-10-5-9-6-12(24(14,18)19)23-13(9)25(20,21)16(10)3/h5-6H,4,7-8H2,1-3H3,(H2,14,18,19). The van der Waals surface area contributed by atoms with Crippen molar-refractivity contribution < 1.29 is 26.4 Å². The summed E-state index contributed by atoms with van der Waals surface area (Å²) in [4.78, 5) is 13.1. The van der Waals surface area contributed by atoms with E-state index >= 15 is 0 Å². The maximum atomic E-state index is 12.6. The number of nitrogens with zero attached hydrogens (tertiary/aromatic N) is 2. The maximum absolute atomic E-state index is 12.6. The molecule has 0 atom stereocenters. The minimum atomic E-state index is -3.99. The van der Waals surface area contributed by atoms with E-state index in [0.29, 0.717) is 17.0 Å². The number of primary sulfonamides is 1. The van der Waals surface area contributed by atoms with Gasteiger partial charge in [0.25, 0.3) is 10.0 Å². The SMILES string of the molecule is CCOC(=O)CN(C)CC1=Cc2cc(S(N)(=O)=O)sc2S(=O)(=O)N1C. The molecule has 12 heteroatoms. The van der Waals surface area contributed by atoms with Crippen molar-refractivity contribution in [3.05, 3.63) is 17.3 Å². The topological polar surface area (TPSA) is 127 Å². The van der Waals surface area contributed by atoms with E-state index in [1.807, 2.05) is 0 Å². The van der Waals surface area contributed by atoms with E-state index in [-0.39, 0.29) is 33.7 Å². The fraction of sp³-hybridized carbons (Fsp3) is 0.462. The van der Waals surface area contributed by atoms with E-state index in [1.54, 1.807) is 24.9 Å². The van der Waals surface area contributed by atoms with E-state index in [9.17, 15) is 21.6 Å². The van der Waals surface area contributed by atoms with Gasteiger partial charge >= 0.3 is 5.97 Å². The summed E-state index contributed by atoms with van der Waals surface area (Å²) >= 11 is 0.616. The van der Waals surface area contributed by atoms with Gasteiger partial charge < -0.3 is 4.74 Å². The highest BCUT2D eigenvalue weighted by atomic mass is 32.3. The van der Waals surface area contributed by atoms with Gasteiger partial charge in [-0.3, -0.25) is 14.0 Å². The number of carbonyl (C=O) groups excluding carboxylic acids is 1. The molecule has 0 saturated heterocycles. The third-order valence-corrected chi connectivity index (χ3v) is 8.35. The second kappa shape index (κ2) is 7.03. The zero-order chi connectivity index (χ0) is 19.0. The smallest absolute Gasteiger partial charge is 0.320 e. The lowest BCUT2D eigenvalue weighted by Gasteiger charge is -2.28. The fourth-order valence-corrected chi connectivity index (χ4v) is 6.14. The van der Waals surface area contributed by atoms with Crippen LogP contribution in [0.5, 0.6) is 0 Å². The molecular weight excluding hydrogens is 390 g/mol. The molecule has 0 bridgehead atoms. The zero-order valence-corrected chi connectivity index (χ0v) is 16.4. The molecular formula is C13H19N3O6S3. The molecule has 2 rings (SSSR count). The summed E-state index contributed by atoms with van der Waals surface area (Å²) in [5.74, 6) is -0.417. The summed E-state index contributed by atoms with van der Waals surface area (Å²) in [6, 6.07) is 1.24. The first-order valence-corrected chi connectivity index (χ1v) is 11.0. The molecule has 140 valence electrons. The van der Waals surface area contributed by atoms with Crippen LogP contribution in [-0.2, 0) is 29.6 Å². The fourth-order valence-electron chi connectivity index (χ4n) is 2.26. The van der Waals surface area contributed by atoms with Crippen LogP contribution in [0.25, 0.3) is 6.08 Å². The predicted octanol–water partition coefficient (Wildman–Crippen LogP) is -0.135. The molecule has 0 amide bonds. The first-order valence-electron chi connectivity index (χ1n) is 7.17. The Morgan fingerprint density at radius 2 is 2.08 bits per heavy atom. The zero-order valence-electron chi connectivity index (χ0n) is 13.9. The Labute approximate surface area is 150 Å². The largest absolute Gasteiger partial charge is 0.465 e. The summed E-state index contributed by atoms with van der Waals surface area (Å²) in [7, 11) is -4.84. The van der Waals surface area contributed by atoms with E-state index < -0.39 is 26.0 Å². The maximum Gasteiger partial charge on any atom is 0.320 e. The van der Waals surface area contributed by atoms with Crippen molar-refractivity contribution in [1.29, 1.82) is 0 Å². The van der Waals surface area contributed by atoms with E-state index in [1.165, 1.54) is 13.1 Å². The number of rotatable bonds is 6. The number of likely N-dealkylation sites (N-methyl/N-ethyl adjacent to an activating group) is 2. The highest BCUT2D eigenvalue weighted by molar-refractivity contribution is 7.94.